The second-order valence-corrected chi connectivity index (χ2v) is 4.65. The molecule has 8 N–H and O–H groups in total. The van der Waals surface area contributed by atoms with Crippen LogP contribution in [0.4, 0.5) is 0 Å². The molecule has 18 heavy (non-hydrogen) atoms. The monoisotopic (exact) mass is 263 g/mol. The Labute approximate surface area is 105 Å². The van der Waals surface area contributed by atoms with Gasteiger partial charge in [0.15, 0.2) is 0 Å². The molecule has 1 aliphatic rings. The molecule has 0 bridgehead atoms. The topological polar surface area (TPSA) is 148 Å². The molecule has 8 heteroatoms. The Morgan fingerprint density at radius 1 is 1.39 bits per heavy atom. The summed E-state index contributed by atoms with van der Waals surface area (Å²) in [5, 5.41) is 44.0. The van der Waals surface area contributed by atoms with E-state index < -0.39 is 42.4 Å². The Morgan fingerprint density at radius 3 is 2.50 bits per heavy atom. The maximum Gasteiger partial charge on any atom is 0.233 e. The quantitative estimate of drug-likeness (QED) is 0.272. The molecule has 0 aromatic heterocycles. The van der Waals surface area contributed by atoms with Crippen molar-refractivity contribution in [1.29, 1.82) is 0 Å². The van der Waals surface area contributed by atoms with Gasteiger partial charge >= 0.3 is 0 Å². The molecule has 0 saturated carbocycles. The van der Waals surface area contributed by atoms with E-state index in [-0.39, 0.29) is 13.1 Å². The van der Waals surface area contributed by atoms with Crippen molar-refractivity contribution < 1.29 is 25.2 Å². The number of aliphatic hydroxyl groups excluding tert-OH is 4. The lowest BCUT2D eigenvalue weighted by atomic mass is 9.80. The van der Waals surface area contributed by atoms with Crippen molar-refractivity contribution in [3.8, 4) is 0 Å². The van der Waals surface area contributed by atoms with E-state index in [0.29, 0.717) is 0 Å². The van der Waals surface area contributed by atoms with Crippen LogP contribution in [0.25, 0.3) is 0 Å². The average Bonchev–Trinajstić information content (AvgIpc) is 2.38. The highest BCUT2D eigenvalue weighted by molar-refractivity contribution is 5.77. The number of carbonyl (C=O) groups is 1. The number of hydrogen-bond donors (Lipinski definition) is 7. The predicted octanol–water partition coefficient (Wildman–Crippen LogP) is -4.13. The maximum atomic E-state index is 11.1. The first-order chi connectivity index (χ1) is 8.38. The Bertz CT molecular complexity index is 303. The number of amides is 1. The van der Waals surface area contributed by atoms with Crippen molar-refractivity contribution >= 4 is 5.91 Å². The summed E-state index contributed by atoms with van der Waals surface area (Å²) in [5.41, 5.74) is 3.83. The fraction of sp³-hybridized carbons (Fsp3) is 0.900. The molecule has 0 aromatic carbocycles. The van der Waals surface area contributed by atoms with E-state index in [1.165, 1.54) is 0 Å². The molecule has 8 nitrogen and oxygen atoms in total. The Kier molecular flexibility index (Phi) is 5.02. The van der Waals surface area contributed by atoms with Crippen LogP contribution in [0, 0.1) is 0 Å². The Morgan fingerprint density at radius 2 is 2.00 bits per heavy atom. The van der Waals surface area contributed by atoms with Gasteiger partial charge in [0.2, 0.25) is 5.91 Å². The zero-order valence-corrected chi connectivity index (χ0v) is 10.2. The van der Waals surface area contributed by atoms with Crippen LogP contribution < -0.4 is 16.4 Å². The number of rotatable bonds is 4. The third-order valence-corrected chi connectivity index (χ3v) is 3.34. The second-order valence-electron chi connectivity index (χ2n) is 4.65. The maximum absolute atomic E-state index is 11.1. The molecule has 1 heterocycles. The van der Waals surface area contributed by atoms with Crippen LogP contribution in [0.5, 0.6) is 0 Å². The normalized spacial score (nSPS) is 40.6. The fourth-order valence-corrected chi connectivity index (χ4v) is 2.11. The molecule has 106 valence electrons. The standard InChI is InChI=1S/C10H21N3O5/c1-5-7(16)8(17)9(18)10(4-14,13-5)3-12-6(15)2-11/h5,7-9,13-14,16-18H,2-4,11H2,1H3,(H,12,15). The largest absolute Gasteiger partial charge is 0.394 e. The summed E-state index contributed by atoms with van der Waals surface area (Å²) in [4.78, 5) is 11.1. The molecule has 1 amide bonds. The van der Waals surface area contributed by atoms with E-state index in [2.05, 4.69) is 10.6 Å². The zero-order chi connectivity index (χ0) is 13.9. The first kappa shape index (κ1) is 15.3. The molecule has 1 rings (SSSR count). The number of piperidine rings is 1. The van der Waals surface area contributed by atoms with Gasteiger partial charge in [-0.25, -0.2) is 0 Å². The van der Waals surface area contributed by atoms with Gasteiger partial charge < -0.3 is 36.8 Å². The molecular formula is C10H21N3O5. The molecule has 0 aliphatic carbocycles. The summed E-state index contributed by atoms with van der Waals surface area (Å²) in [7, 11) is 0. The summed E-state index contributed by atoms with van der Waals surface area (Å²) in [6.45, 7) is 0.787. The number of hydrogen-bond acceptors (Lipinski definition) is 7. The van der Waals surface area contributed by atoms with Gasteiger partial charge in [0.25, 0.3) is 0 Å². The second kappa shape index (κ2) is 5.91. The fourth-order valence-electron chi connectivity index (χ4n) is 2.11. The van der Waals surface area contributed by atoms with Crippen LogP contribution in [0.2, 0.25) is 0 Å². The van der Waals surface area contributed by atoms with E-state index in [9.17, 15) is 25.2 Å². The lowest BCUT2D eigenvalue weighted by Crippen LogP contribution is -2.75. The minimum Gasteiger partial charge on any atom is -0.394 e. The lowest BCUT2D eigenvalue weighted by Gasteiger charge is -2.48. The van der Waals surface area contributed by atoms with Gasteiger partial charge in [-0.05, 0) is 6.92 Å². The van der Waals surface area contributed by atoms with E-state index in [0.717, 1.165) is 0 Å². The van der Waals surface area contributed by atoms with Crippen molar-refractivity contribution in [2.24, 2.45) is 5.73 Å². The molecule has 0 spiro atoms. The molecule has 1 saturated heterocycles. The summed E-state index contributed by atoms with van der Waals surface area (Å²) in [5.74, 6) is -0.440. The summed E-state index contributed by atoms with van der Waals surface area (Å²) >= 11 is 0. The first-order valence-corrected chi connectivity index (χ1v) is 5.77. The average molecular weight is 263 g/mol. The molecule has 5 atom stereocenters. The smallest absolute Gasteiger partial charge is 0.233 e. The molecule has 0 radical (unpaired) electrons. The highest BCUT2D eigenvalue weighted by Crippen LogP contribution is 2.23. The lowest BCUT2D eigenvalue weighted by molar-refractivity contribution is -0.148. The molecule has 1 aliphatic heterocycles. The van der Waals surface area contributed by atoms with Gasteiger partial charge in [0.05, 0.1) is 24.8 Å². The van der Waals surface area contributed by atoms with Crippen molar-refractivity contribution in [2.45, 2.75) is 36.8 Å². The summed E-state index contributed by atoms with van der Waals surface area (Å²) < 4.78 is 0. The van der Waals surface area contributed by atoms with Crippen LogP contribution in [-0.2, 0) is 4.79 Å². The van der Waals surface area contributed by atoms with Gasteiger partial charge in [-0.1, -0.05) is 0 Å². The van der Waals surface area contributed by atoms with Crippen molar-refractivity contribution in [3.05, 3.63) is 0 Å². The molecular weight excluding hydrogens is 242 g/mol. The van der Waals surface area contributed by atoms with E-state index in [1.807, 2.05) is 0 Å². The SMILES string of the molecule is CC1NC(CO)(CNC(=O)CN)C(O)C(O)C1O. The van der Waals surface area contributed by atoms with Crippen LogP contribution in [-0.4, -0.2) is 75.9 Å². The molecule has 0 aromatic rings. The van der Waals surface area contributed by atoms with Crippen LogP contribution in [0.15, 0.2) is 0 Å². The Hall–Kier alpha value is -0.770. The number of carbonyl (C=O) groups excluding carboxylic acids is 1. The van der Waals surface area contributed by atoms with Crippen molar-refractivity contribution in [2.75, 3.05) is 19.7 Å². The third-order valence-electron chi connectivity index (χ3n) is 3.34. The van der Waals surface area contributed by atoms with Crippen molar-refractivity contribution in [3.63, 3.8) is 0 Å². The van der Waals surface area contributed by atoms with E-state index in [1.54, 1.807) is 6.92 Å². The highest BCUT2D eigenvalue weighted by atomic mass is 16.4. The predicted molar refractivity (Wildman–Crippen MR) is 62.5 cm³/mol. The number of aliphatic hydroxyl groups is 4. The first-order valence-electron chi connectivity index (χ1n) is 5.77. The van der Waals surface area contributed by atoms with E-state index in [4.69, 9.17) is 5.73 Å². The van der Waals surface area contributed by atoms with Gasteiger partial charge in [-0.15, -0.1) is 0 Å². The minimum absolute atomic E-state index is 0.102. The van der Waals surface area contributed by atoms with Gasteiger partial charge in [-0.2, -0.15) is 0 Å². The van der Waals surface area contributed by atoms with Crippen LogP contribution in [0.3, 0.4) is 0 Å². The van der Waals surface area contributed by atoms with Gasteiger partial charge in [-0.3, -0.25) is 4.79 Å². The molecule has 1 fully saturated rings. The Balaban J connectivity index is 2.81. The third kappa shape index (κ3) is 2.79. The van der Waals surface area contributed by atoms with Gasteiger partial charge in [0, 0.05) is 12.6 Å². The van der Waals surface area contributed by atoms with Crippen molar-refractivity contribution in [1.82, 2.24) is 10.6 Å². The minimum atomic E-state index is -1.41. The van der Waals surface area contributed by atoms with Crippen LogP contribution >= 0.6 is 0 Å². The van der Waals surface area contributed by atoms with Crippen LogP contribution in [0.1, 0.15) is 6.92 Å². The van der Waals surface area contributed by atoms with E-state index >= 15 is 0 Å². The van der Waals surface area contributed by atoms with Gasteiger partial charge in [0.1, 0.15) is 12.2 Å². The summed E-state index contributed by atoms with van der Waals surface area (Å²) in [6, 6.07) is -0.537. The summed E-state index contributed by atoms with van der Waals surface area (Å²) in [6.07, 6.45) is -3.96. The zero-order valence-electron chi connectivity index (χ0n) is 10.2. The number of nitrogens with one attached hydrogen (secondary N) is 2. The highest BCUT2D eigenvalue weighted by Gasteiger charge is 2.50. The molecule has 5 unspecified atom stereocenters. The number of nitrogens with two attached hydrogens (primary N) is 1.